The molecule has 0 aromatic heterocycles. The quantitative estimate of drug-likeness (QED) is 0.151. The molecule has 0 aliphatic heterocycles. The Hall–Kier alpha value is -3.84. The van der Waals surface area contributed by atoms with E-state index < -0.39 is 60.1 Å². The van der Waals surface area contributed by atoms with Gasteiger partial charge in [0.2, 0.25) is 11.8 Å². The molecule has 6 atom stereocenters. The summed E-state index contributed by atoms with van der Waals surface area (Å²) in [6.45, 7) is 6.70. The molecular weight excluding hydrogens is 568 g/mol. The van der Waals surface area contributed by atoms with Gasteiger partial charge in [-0.25, -0.2) is 0 Å². The molecule has 0 saturated carbocycles. The van der Waals surface area contributed by atoms with Crippen LogP contribution in [0.1, 0.15) is 38.8 Å². The predicted octanol–water partition coefficient (Wildman–Crippen LogP) is 0.653. The number of nitrogens with one attached hydrogen (secondary N) is 4. The SMILES string of the molecule is CNC(=O)[C@@H](NC(=O)[C@H](OCc1ccccc1)[C@H](O)[C@H](O)[C@@H](OCc1ccccc1)C(=O)N[C@H](C(=O)NC)C(C)C)C(C)C. The van der Waals surface area contributed by atoms with Crippen molar-refractivity contribution in [3.05, 3.63) is 71.8 Å². The summed E-state index contributed by atoms with van der Waals surface area (Å²) in [5, 5.41) is 33.0. The van der Waals surface area contributed by atoms with E-state index in [1.54, 1.807) is 88.4 Å². The van der Waals surface area contributed by atoms with Crippen LogP contribution in [0, 0.1) is 11.8 Å². The fraction of sp³-hybridized carbons (Fsp3) is 0.500. The average molecular weight is 615 g/mol. The number of likely N-dealkylation sites (N-methyl/N-ethyl adjacent to an activating group) is 2. The molecule has 0 bridgehead atoms. The number of amides is 4. The molecule has 12 nitrogen and oxygen atoms in total. The van der Waals surface area contributed by atoms with E-state index in [1.807, 2.05) is 0 Å². The van der Waals surface area contributed by atoms with Crippen LogP contribution >= 0.6 is 0 Å². The van der Waals surface area contributed by atoms with Crippen LogP contribution in [0.2, 0.25) is 0 Å². The first-order chi connectivity index (χ1) is 20.9. The van der Waals surface area contributed by atoms with Crippen molar-refractivity contribution < 1.29 is 38.9 Å². The van der Waals surface area contributed by atoms with Crippen molar-refractivity contribution in [2.75, 3.05) is 14.1 Å². The molecule has 0 spiro atoms. The monoisotopic (exact) mass is 614 g/mol. The number of carbonyl (C=O) groups is 4. The first-order valence-electron chi connectivity index (χ1n) is 14.6. The summed E-state index contributed by atoms with van der Waals surface area (Å²) >= 11 is 0. The lowest BCUT2D eigenvalue weighted by atomic mass is 9.98. The fourth-order valence-corrected chi connectivity index (χ4v) is 4.39. The maximum atomic E-state index is 13.5. The Balaban J connectivity index is 2.42. The molecule has 0 unspecified atom stereocenters. The summed E-state index contributed by atoms with van der Waals surface area (Å²) in [5.74, 6) is -3.29. The fourth-order valence-electron chi connectivity index (χ4n) is 4.39. The molecule has 0 heterocycles. The lowest BCUT2D eigenvalue weighted by Crippen LogP contribution is -2.60. The molecule has 2 aromatic carbocycles. The van der Waals surface area contributed by atoms with Crippen LogP contribution in [-0.4, -0.2) is 84.4 Å². The van der Waals surface area contributed by atoms with Crippen molar-refractivity contribution in [2.24, 2.45) is 11.8 Å². The van der Waals surface area contributed by atoms with Gasteiger partial charge in [-0.1, -0.05) is 88.4 Å². The third-order valence-electron chi connectivity index (χ3n) is 7.02. The normalized spacial score (nSPS) is 15.4. The molecule has 2 aromatic rings. The molecule has 0 aliphatic rings. The molecule has 2 rings (SSSR count). The first-order valence-corrected chi connectivity index (χ1v) is 14.6. The molecule has 4 amide bonds. The highest BCUT2D eigenvalue weighted by Crippen LogP contribution is 2.17. The summed E-state index contributed by atoms with van der Waals surface area (Å²) in [5.41, 5.74) is 1.36. The smallest absolute Gasteiger partial charge is 0.252 e. The van der Waals surface area contributed by atoms with Gasteiger partial charge in [0, 0.05) is 14.1 Å². The van der Waals surface area contributed by atoms with Crippen molar-refractivity contribution >= 4 is 23.6 Å². The summed E-state index contributed by atoms with van der Waals surface area (Å²) in [6.07, 6.45) is -7.40. The number of benzene rings is 2. The minimum absolute atomic E-state index is 0.122. The standard InChI is InChI=1S/C32H46N4O8/c1-19(2)23(29(39)33-5)35-31(41)27(43-17-21-13-9-7-10-14-21)25(37)26(38)28(44-18-22-15-11-8-12-16-22)32(42)36-24(20(3)4)30(40)34-6/h7-16,19-20,23-28,37-38H,17-18H2,1-6H3,(H,33,39)(H,34,40)(H,35,41)(H,36,42)/t23-,24-,25-,26+,27+,28+/m0/s1. The Bertz CT molecular complexity index is 1100. The Morgan fingerprint density at radius 1 is 0.591 bits per heavy atom. The summed E-state index contributed by atoms with van der Waals surface area (Å²) in [7, 11) is 2.87. The Labute approximate surface area is 258 Å². The van der Waals surface area contributed by atoms with Crippen LogP contribution in [0.4, 0.5) is 0 Å². The van der Waals surface area contributed by atoms with Gasteiger partial charge < -0.3 is 41.0 Å². The van der Waals surface area contributed by atoms with Crippen LogP contribution in [0.3, 0.4) is 0 Å². The highest BCUT2D eigenvalue weighted by atomic mass is 16.5. The van der Waals surface area contributed by atoms with Gasteiger partial charge in [0.25, 0.3) is 11.8 Å². The number of ether oxygens (including phenoxy) is 2. The number of carbonyl (C=O) groups excluding carboxylic acids is 4. The topological polar surface area (TPSA) is 175 Å². The molecule has 0 saturated heterocycles. The second-order valence-corrected chi connectivity index (χ2v) is 11.1. The van der Waals surface area contributed by atoms with E-state index in [0.717, 1.165) is 0 Å². The van der Waals surface area contributed by atoms with Gasteiger partial charge in [-0.05, 0) is 23.0 Å². The number of aliphatic hydroxyl groups excluding tert-OH is 2. The molecule has 44 heavy (non-hydrogen) atoms. The van der Waals surface area contributed by atoms with Gasteiger partial charge in [-0.3, -0.25) is 19.2 Å². The third kappa shape index (κ3) is 10.7. The highest BCUT2D eigenvalue weighted by Gasteiger charge is 2.42. The van der Waals surface area contributed by atoms with E-state index in [9.17, 15) is 29.4 Å². The molecule has 0 fully saturated rings. The second kappa shape index (κ2) is 18.1. The van der Waals surface area contributed by atoms with Crippen LogP contribution in [-0.2, 0) is 41.9 Å². The summed E-state index contributed by atoms with van der Waals surface area (Å²) < 4.78 is 11.7. The third-order valence-corrected chi connectivity index (χ3v) is 7.02. The largest absolute Gasteiger partial charge is 0.387 e. The number of hydrogen-bond acceptors (Lipinski definition) is 8. The van der Waals surface area contributed by atoms with E-state index in [1.165, 1.54) is 14.1 Å². The minimum Gasteiger partial charge on any atom is -0.387 e. The molecule has 0 radical (unpaired) electrons. The van der Waals surface area contributed by atoms with Crippen LogP contribution in [0.15, 0.2) is 60.7 Å². The lowest BCUT2D eigenvalue weighted by Gasteiger charge is -2.32. The predicted molar refractivity (Wildman–Crippen MR) is 164 cm³/mol. The lowest BCUT2D eigenvalue weighted by molar-refractivity contribution is -0.171. The molecule has 0 aliphatic carbocycles. The van der Waals surface area contributed by atoms with Gasteiger partial charge >= 0.3 is 0 Å². The van der Waals surface area contributed by atoms with Crippen molar-refractivity contribution in [1.82, 2.24) is 21.3 Å². The van der Waals surface area contributed by atoms with Gasteiger partial charge in [0.05, 0.1) is 13.2 Å². The van der Waals surface area contributed by atoms with Crippen molar-refractivity contribution in [3.63, 3.8) is 0 Å². The molecule has 6 N–H and O–H groups in total. The second-order valence-electron chi connectivity index (χ2n) is 11.1. The van der Waals surface area contributed by atoms with Gasteiger partial charge in [0.15, 0.2) is 12.2 Å². The first kappa shape index (κ1) is 36.4. The Kier molecular flexibility index (Phi) is 14.9. The van der Waals surface area contributed by atoms with E-state index in [-0.39, 0.29) is 25.0 Å². The number of rotatable bonds is 17. The van der Waals surface area contributed by atoms with Crippen LogP contribution < -0.4 is 21.3 Å². The Morgan fingerprint density at radius 2 is 0.909 bits per heavy atom. The summed E-state index contributed by atoms with van der Waals surface area (Å²) in [4.78, 5) is 52.0. The maximum absolute atomic E-state index is 13.5. The van der Waals surface area contributed by atoms with Gasteiger partial charge in [0.1, 0.15) is 24.3 Å². The highest BCUT2D eigenvalue weighted by molar-refractivity contribution is 5.91. The summed E-state index contributed by atoms with van der Waals surface area (Å²) in [6, 6.07) is 15.8. The minimum atomic E-state index is -1.99. The average Bonchev–Trinajstić information content (AvgIpc) is 3.02. The van der Waals surface area contributed by atoms with Gasteiger partial charge in [-0.2, -0.15) is 0 Å². The zero-order chi connectivity index (χ0) is 32.8. The van der Waals surface area contributed by atoms with Crippen molar-refractivity contribution in [3.8, 4) is 0 Å². The van der Waals surface area contributed by atoms with Crippen molar-refractivity contribution in [1.29, 1.82) is 0 Å². The van der Waals surface area contributed by atoms with E-state index in [0.29, 0.717) is 11.1 Å². The van der Waals surface area contributed by atoms with E-state index in [4.69, 9.17) is 9.47 Å². The van der Waals surface area contributed by atoms with Gasteiger partial charge in [-0.15, -0.1) is 0 Å². The van der Waals surface area contributed by atoms with Crippen LogP contribution in [0.5, 0.6) is 0 Å². The molecule has 12 heteroatoms. The molecular formula is C32H46N4O8. The zero-order valence-electron chi connectivity index (χ0n) is 26.2. The van der Waals surface area contributed by atoms with E-state index >= 15 is 0 Å². The Morgan fingerprint density at radius 3 is 1.18 bits per heavy atom. The zero-order valence-corrected chi connectivity index (χ0v) is 26.2. The number of aliphatic hydroxyl groups is 2. The maximum Gasteiger partial charge on any atom is 0.252 e. The van der Waals surface area contributed by atoms with Crippen LogP contribution in [0.25, 0.3) is 0 Å². The molecule has 242 valence electrons. The number of hydrogen-bond donors (Lipinski definition) is 6. The van der Waals surface area contributed by atoms with E-state index in [2.05, 4.69) is 21.3 Å². The van der Waals surface area contributed by atoms with Crippen molar-refractivity contribution in [2.45, 2.75) is 77.4 Å².